The number of rotatable bonds is 5. The number of benzene rings is 6. The molecule has 0 saturated carbocycles. The first kappa shape index (κ1) is 28.9. The van der Waals surface area contributed by atoms with Gasteiger partial charge in [0.2, 0.25) is 0 Å². The van der Waals surface area contributed by atoms with E-state index in [1.165, 1.54) is 38.6 Å². The van der Waals surface area contributed by atoms with Crippen LogP contribution in [0, 0.1) is 0 Å². The van der Waals surface area contributed by atoms with Crippen LogP contribution < -0.4 is 0 Å². The van der Waals surface area contributed by atoms with Crippen molar-refractivity contribution >= 4 is 10.8 Å². The molecule has 0 fully saturated rings. The van der Waals surface area contributed by atoms with Crippen LogP contribution >= 0.6 is 0 Å². The molecule has 8 aromatic rings. The van der Waals surface area contributed by atoms with E-state index in [9.17, 15) is 0 Å². The normalized spacial score (nSPS) is 12.9. The summed E-state index contributed by atoms with van der Waals surface area (Å²) >= 11 is 0. The van der Waals surface area contributed by atoms with Crippen LogP contribution in [-0.4, -0.2) is 19.9 Å². The molecule has 0 spiro atoms. The smallest absolute Gasteiger partial charge is 0.164 e. The van der Waals surface area contributed by atoms with Crippen LogP contribution in [0.25, 0.3) is 78.3 Å². The highest BCUT2D eigenvalue weighted by Crippen LogP contribution is 2.52. The van der Waals surface area contributed by atoms with Crippen molar-refractivity contribution in [1.29, 1.82) is 0 Å². The van der Waals surface area contributed by atoms with E-state index in [1.807, 2.05) is 42.6 Å². The summed E-state index contributed by atoms with van der Waals surface area (Å²) in [5, 5.41) is 2.57. The van der Waals surface area contributed by atoms with Gasteiger partial charge in [0.1, 0.15) is 0 Å². The Hall–Kier alpha value is -6.26. The van der Waals surface area contributed by atoms with Gasteiger partial charge in [0.05, 0.1) is 0 Å². The van der Waals surface area contributed by atoms with Crippen molar-refractivity contribution in [3.05, 3.63) is 169 Å². The Balaban J connectivity index is 1.15. The Morgan fingerprint density at radius 1 is 0.429 bits per heavy atom. The molecule has 1 aliphatic rings. The van der Waals surface area contributed by atoms with E-state index >= 15 is 0 Å². The number of hydrogen-bond donors (Lipinski definition) is 0. The van der Waals surface area contributed by atoms with Gasteiger partial charge in [0.25, 0.3) is 0 Å². The number of aromatic nitrogens is 4. The van der Waals surface area contributed by atoms with Crippen LogP contribution in [0.2, 0.25) is 0 Å². The molecule has 232 valence electrons. The Bertz CT molecular complexity index is 2500. The summed E-state index contributed by atoms with van der Waals surface area (Å²) < 4.78 is 0. The van der Waals surface area contributed by atoms with Crippen molar-refractivity contribution in [2.24, 2.45) is 0 Å². The average molecular weight is 629 g/mol. The predicted molar refractivity (Wildman–Crippen MR) is 200 cm³/mol. The summed E-state index contributed by atoms with van der Waals surface area (Å²) in [6.45, 7) is 4.67. The van der Waals surface area contributed by atoms with Crippen LogP contribution in [-0.2, 0) is 5.41 Å². The summed E-state index contributed by atoms with van der Waals surface area (Å²) in [4.78, 5) is 19.3. The molecular weight excluding hydrogens is 597 g/mol. The summed E-state index contributed by atoms with van der Waals surface area (Å²) in [5.74, 6) is 1.92. The van der Waals surface area contributed by atoms with Gasteiger partial charge in [-0.3, -0.25) is 4.98 Å². The second-order valence-electron chi connectivity index (χ2n) is 13.2. The molecule has 1 aliphatic carbocycles. The second-order valence-corrected chi connectivity index (χ2v) is 13.2. The zero-order valence-corrected chi connectivity index (χ0v) is 27.3. The molecule has 4 heteroatoms. The number of nitrogens with zero attached hydrogens (tertiary/aromatic N) is 4. The Morgan fingerprint density at radius 2 is 1.02 bits per heavy atom. The minimum atomic E-state index is -0.0691. The zero-order valence-electron chi connectivity index (χ0n) is 27.3. The molecule has 0 unspecified atom stereocenters. The third kappa shape index (κ3) is 5.01. The summed E-state index contributed by atoms with van der Waals surface area (Å²) in [5.41, 5.74) is 12.6. The molecule has 2 heterocycles. The van der Waals surface area contributed by atoms with Gasteiger partial charge in [0, 0.05) is 34.5 Å². The monoisotopic (exact) mass is 628 g/mol. The topological polar surface area (TPSA) is 51.6 Å². The molecule has 0 atom stereocenters. The van der Waals surface area contributed by atoms with Gasteiger partial charge >= 0.3 is 0 Å². The standard InChI is InChI=1S/C45H32N4/c1-45(2)39-23-22-34(27-38(39)41-37-16-7-6-10-30(37)21-24-40(41)45)33-13-8-14-35(26-33)44-48-42(31-11-4-3-5-12-31)47-43(49-44)32-19-17-29(18-20-32)36-15-9-25-46-28-36/h3-28H,1-2H3. The van der Waals surface area contributed by atoms with Gasteiger partial charge in [-0.25, -0.2) is 15.0 Å². The minimum absolute atomic E-state index is 0.0691. The molecule has 0 amide bonds. The lowest BCUT2D eigenvalue weighted by Gasteiger charge is -2.21. The SMILES string of the molecule is CC1(C)c2ccc(-c3cccc(-c4nc(-c5ccccc5)nc(-c5ccc(-c6cccnc6)cc5)n4)c3)cc2-c2c1ccc1ccccc21. The third-order valence-electron chi connectivity index (χ3n) is 9.82. The second kappa shape index (κ2) is 11.5. The lowest BCUT2D eigenvalue weighted by atomic mass is 9.82. The highest BCUT2D eigenvalue weighted by atomic mass is 15.0. The number of hydrogen-bond acceptors (Lipinski definition) is 4. The molecule has 4 nitrogen and oxygen atoms in total. The highest BCUT2D eigenvalue weighted by Gasteiger charge is 2.36. The van der Waals surface area contributed by atoms with Crippen molar-refractivity contribution in [2.75, 3.05) is 0 Å². The van der Waals surface area contributed by atoms with Crippen LogP contribution in [0.5, 0.6) is 0 Å². The van der Waals surface area contributed by atoms with Gasteiger partial charge in [-0.1, -0.05) is 141 Å². The molecule has 49 heavy (non-hydrogen) atoms. The van der Waals surface area contributed by atoms with E-state index in [0.717, 1.165) is 33.4 Å². The molecule has 0 bridgehead atoms. The summed E-state index contributed by atoms with van der Waals surface area (Å²) in [6.07, 6.45) is 3.66. The molecule has 0 aliphatic heterocycles. The van der Waals surface area contributed by atoms with Gasteiger partial charge in [0.15, 0.2) is 17.5 Å². The van der Waals surface area contributed by atoms with E-state index in [-0.39, 0.29) is 5.41 Å². The number of pyridine rings is 1. The van der Waals surface area contributed by atoms with Crippen molar-refractivity contribution in [3.8, 4) is 67.5 Å². The van der Waals surface area contributed by atoms with Crippen LogP contribution in [0.15, 0.2) is 158 Å². The maximum Gasteiger partial charge on any atom is 0.164 e. The van der Waals surface area contributed by atoms with Crippen LogP contribution in [0.4, 0.5) is 0 Å². The first-order chi connectivity index (χ1) is 24.0. The molecule has 0 N–H and O–H groups in total. The fourth-order valence-electron chi connectivity index (χ4n) is 7.24. The van der Waals surface area contributed by atoms with Crippen LogP contribution in [0.3, 0.4) is 0 Å². The van der Waals surface area contributed by atoms with Crippen molar-refractivity contribution in [2.45, 2.75) is 19.3 Å². The predicted octanol–water partition coefficient (Wildman–Crippen LogP) is 11.1. The van der Waals surface area contributed by atoms with Crippen molar-refractivity contribution in [3.63, 3.8) is 0 Å². The van der Waals surface area contributed by atoms with E-state index in [2.05, 4.69) is 128 Å². The molecule has 0 radical (unpaired) electrons. The molecule has 9 rings (SSSR count). The average Bonchev–Trinajstić information content (AvgIpc) is 3.41. The maximum absolute atomic E-state index is 5.04. The first-order valence-corrected chi connectivity index (χ1v) is 16.6. The van der Waals surface area contributed by atoms with Gasteiger partial charge in [-0.15, -0.1) is 0 Å². The molecule has 0 saturated heterocycles. The van der Waals surface area contributed by atoms with E-state index in [0.29, 0.717) is 17.5 Å². The first-order valence-electron chi connectivity index (χ1n) is 16.6. The largest absolute Gasteiger partial charge is 0.264 e. The van der Waals surface area contributed by atoms with Gasteiger partial charge in [-0.05, 0) is 73.5 Å². The van der Waals surface area contributed by atoms with Crippen LogP contribution in [0.1, 0.15) is 25.0 Å². The zero-order chi connectivity index (χ0) is 33.0. The fraction of sp³-hybridized carbons (Fsp3) is 0.0667. The van der Waals surface area contributed by atoms with E-state index < -0.39 is 0 Å². The summed E-state index contributed by atoms with van der Waals surface area (Å²) in [7, 11) is 0. The quantitative estimate of drug-likeness (QED) is 0.190. The Kier molecular flexibility index (Phi) is 6.77. The lowest BCUT2D eigenvalue weighted by Crippen LogP contribution is -2.14. The molecular formula is C45H32N4. The van der Waals surface area contributed by atoms with Gasteiger partial charge < -0.3 is 0 Å². The Labute approximate surface area is 285 Å². The van der Waals surface area contributed by atoms with E-state index in [4.69, 9.17) is 15.0 Å². The maximum atomic E-state index is 5.04. The highest BCUT2D eigenvalue weighted by molar-refractivity contribution is 6.03. The lowest BCUT2D eigenvalue weighted by molar-refractivity contribution is 0.661. The van der Waals surface area contributed by atoms with E-state index in [1.54, 1.807) is 6.20 Å². The fourth-order valence-corrected chi connectivity index (χ4v) is 7.24. The van der Waals surface area contributed by atoms with Crippen molar-refractivity contribution in [1.82, 2.24) is 19.9 Å². The summed E-state index contributed by atoms with van der Waals surface area (Å²) in [6, 6.07) is 51.2. The van der Waals surface area contributed by atoms with Gasteiger partial charge in [-0.2, -0.15) is 0 Å². The minimum Gasteiger partial charge on any atom is -0.264 e. The molecule has 2 aromatic heterocycles. The third-order valence-corrected chi connectivity index (χ3v) is 9.82. The Morgan fingerprint density at radius 3 is 1.80 bits per heavy atom. The number of fused-ring (bicyclic) bond motifs is 5. The molecule has 6 aromatic carbocycles. The van der Waals surface area contributed by atoms with Crippen molar-refractivity contribution < 1.29 is 0 Å².